The fourth-order valence-corrected chi connectivity index (χ4v) is 4.00. The normalized spacial score (nSPS) is 18.3. The molecule has 1 fully saturated rings. The third-order valence-corrected chi connectivity index (χ3v) is 6.28. The molecule has 5 nitrogen and oxygen atoms in total. The van der Waals surface area contributed by atoms with Gasteiger partial charge in [-0.05, 0) is 71.5 Å². The Hall–Kier alpha value is -3.07. The number of halogens is 3. The highest BCUT2D eigenvalue weighted by Crippen LogP contribution is 2.34. The zero-order valence-corrected chi connectivity index (χ0v) is 19.7. The number of sulfonamides is 1. The van der Waals surface area contributed by atoms with Gasteiger partial charge in [-0.15, -0.1) is 0 Å². The van der Waals surface area contributed by atoms with Crippen LogP contribution >= 0.6 is 0 Å². The topological polar surface area (TPSA) is 53.0 Å². The van der Waals surface area contributed by atoms with Gasteiger partial charge in [0.1, 0.15) is 0 Å². The van der Waals surface area contributed by atoms with Gasteiger partial charge in [-0.3, -0.25) is 0 Å². The summed E-state index contributed by atoms with van der Waals surface area (Å²) >= 11 is 0. The fraction of sp³-hybridized carbons (Fsp3) is 0.292. The largest absolute Gasteiger partial charge is 0.518 e. The molecule has 0 saturated heterocycles. The van der Waals surface area contributed by atoms with E-state index >= 15 is 0 Å². The average Bonchev–Trinajstić information content (AvgIpc) is 3.08. The number of hydrogen-bond donors (Lipinski definition) is 0. The molecule has 176 valence electrons. The van der Waals surface area contributed by atoms with Gasteiger partial charge < -0.3 is 9.80 Å². The molecule has 3 rings (SSSR count). The van der Waals surface area contributed by atoms with Crippen molar-refractivity contribution in [3.63, 3.8) is 0 Å². The molecule has 0 aliphatic heterocycles. The van der Waals surface area contributed by atoms with E-state index < -0.39 is 15.5 Å². The molecule has 0 radical (unpaired) electrons. The van der Waals surface area contributed by atoms with Gasteiger partial charge in [0.05, 0.1) is 5.71 Å². The Balaban J connectivity index is 2.05. The predicted molar refractivity (Wildman–Crippen MR) is 129 cm³/mol. The van der Waals surface area contributed by atoms with E-state index in [9.17, 15) is 21.6 Å². The average molecular weight is 478 g/mol. The van der Waals surface area contributed by atoms with Gasteiger partial charge >= 0.3 is 15.5 Å². The summed E-state index contributed by atoms with van der Waals surface area (Å²) in [6.45, 7) is 0. The lowest BCUT2D eigenvalue weighted by atomic mass is 10.1. The lowest BCUT2D eigenvalue weighted by Crippen LogP contribution is -2.22. The van der Waals surface area contributed by atoms with Crippen LogP contribution in [0.1, 0.15) is 24.0 Å². The van der Waals surface area contributed by atoms with Crippen molar-refractivity contribution in [2.24, 2.45) is 4.40 Å². The Labute approximate surface area is 192 Å². The van der Waals surface area contributed by atoms with Crippen molar-refractivity contribution in [2.45, 2.75) is 18.3 Å². The quantitative estimate of drug-likeness (QED) is 0.581. The summed E-state index contributed by atoms with van der Waals surface area (Å²) in [7, 11) is 1.93. The Morgan fingerprint density at radius 1 is 0.758 bits per heavy atom. The minimum atomic E-state index is -5.67. The number of alkyl halides is 3. The van der Waals surface area contributed by atoms with Crippen molar-refractivity contribution in [3.05, 3.63) is 70.8 Å². The highest BCUT2D eigenvalue weighted by molar-refractivity contribution is 7.91. The van der Waals surface area contributed by atoms with Crippen LogP contribution in [0.25, 0.3) is 12.2 Å². The van der Waals surface area contributed by atoms with Gasteiger partial charge in [0.15, 0.2) is 0 Å². The monoisotopic (exact) mass is 477 g/mol. The van der Waals surface area contributed by atoms with Crippen LogP contribution in [-0.4, -0.2) is 47.8 Å². The molecule has 1 aliphatic rings. The second kappa shape index (κ2) is 9.43. The summed E-state index contributed by atoms with van der Waals surface area (Å²) in [6, 6.07) is 14.9. The SMILES string of the molecule is CN(C)c1ccc(/C=C2/CC/C(=C\c3ccc(N(C)C)cc3)C2=NS(=O)(=O)C(F)(F)F)cc1. The summed E-state index contributed by atoms with van der Waals surface area (Å²) in [4.78, 5) is 3.86. The van der Waals surface area contributed by atoms with Crippen LogP contribution < -0.4 is 9.80 Å². The van der Waals surface area contributed by atoms with Crippen molar-refractivity contribution >= 4 is 39.3 Å². The number of anilines is 2. The van der Waals surface area contributed by atoms with Gasteiger partial charge in [0, 0.05) is 39.6 Å². The Kier molecular flexibility index (Phi) is 7.02. The predicted octanol–water partition coefficient (Wildman–Crippen LogP) is 5.37. The van der Waals surface area contributed by atoms with E-state index in [0.29, 0.717) is 24.0 Å². The molecule has 2 aromatic rings. The van der Waals surface area contributed by atoms with Crippen molar-refractivity contribution < 1.29 is 21.6 Å². The van der Waals surface area contributed by atoms with Crippen molar-refractivity contribution in [3.8, 4) is 0 Å². The third-order valence-electron chi connectivity index (χ3n) is 5.28. The maximum absolute atomic E-state index is 13.1. The van der Waals surface area contributed by atoms with Crippen LogP contribution in [0.5, 0.6) is 0 Å². The van der Waals surface area contributed by atoms with Crippen molar-refractivity contribution in [1.82, 2.24) is 0 Å². The van der Waals surface area contributed by atoms with Crippen LogP contribution in [0.2, 0.25) is 0 Å². The molecule has 0 atom stereocenters. The van der Waals surface area contributed by atoms with Gasteiger partial charge in [0.25, 0.3) is 0 Å². The zero-order chi connectivity index (χ0) is 24.4. The standard InChI is InChI=1S/C24H26F3N3O2S/c1-29(2)21-11-5-17(6-12-21)15-19-9-10-20(23(19)28-33(31,32)24(25,26)27)16-18-7-13-22(14-8-18)30(3)4/h5-8,11-16H,9-10H2,1-4H3/b19-15-,20-16+,28-23?. The van der Waals surface area contributed by atoms with Crippen LogP contribution in [0.3, 0.4) is 0 Å². The molecule has 0 N–H and O–H groups in total. The number of allylic oxidation sites excluding steroid dienone is 2. The molecular weight excluding hydrogens is 451 g/mol. The fourth-order valence-electron chi connectivity index (χ4n) is 3.42. The van der Waals surface area contributed by atoms with E-state index in [4.69, 9.17) is 0 Å². The Morgan fingerprint density at radius 3 is 1.42 bits per heavy atom. The zero-order valence-electron chi connectivity index (χ0n) is 18.9. The van der Waals surface area contributed by atoms with E-state index in [2.05, 4.69) is 4.40 Å². The second-order valence-corrected chi connectivity index (χ2v) is 9.77. The molecule has 0 unspecified atom stereocenters. The molecule has 0 spiro atoms. The lowest BCUT2D eigenvalue weighted by Gasteiger charge is -2.12. The molecule has 1 aliphatic carbocycles. The molecule has 33 heavy (non-hydrogen) atoms. The number of rotatable bonds is 5. The van der Waals surface area contributed by atoms with E-state index in [-0.39, 0.29) is 5.71 Å². The van der Waals surface area contributed by atoms with Crippen molar-refractivity contribution in [1.29, 1.82) is 0 Å². The first-order valence-electron chi connectivity index (χ1n) is 10.3. The van der Waals surface area contributed by atoms with Crippen LogP contribution in [-0.2, 0) is 10.0 Å². The molecular formula is C24H26F3N3O2S. The highest BCUT2D eigenvalue weighted by Gasteiger charge is 2.46. The molecule has 9 heteroatoms. The molecule has 1 saturated carbocycles. The molecule has 0 amide bonds. The van der Waals surface area contributed by atoms with Gasteiger partial charge in [-0.1, -0.05) is 24.3 Å². The van der Waals surface area contributed by atoms with E-state index in [1.165, 1.54) is 0 Å². The first-order chi connectivity index (χ1) is 15.4. The minimum Gasteiger partial charge on any atom is -0.378 e. The molecule has 0 heterocycles. The first-order valence-corrected chi connectivity index (χ1v) is 11.7. The van der Waals surface area contributed by atoms with E-state index in [1.807, 2.05) is 86.5 Å². The third kappa shape index (κ3) is 5.84. The molecule has 2 aromatic carbocycles. The van der Waals surface area contributed by atoms with Gasteiger partial charge in [0.2, 0.25) is 0 Å². The van der Waals surface area contributed by atoms with Crippen LogP contribution in [0.15, 0.2) is 64.1 Å². The van der Waals surface area contributed by atoms with E-state index in [1.54, 1.807) is 12.2 Å². The maximum atomic E-state index is 13.1. The molecule has 0 bridgehead atoms. The Bertz CT molecular complexity index is 1120. The summed E-state index contributed by atoms with van der Waals surface area (Å²) in [6.07, 6.45) is 4.17. The van der Waals surface area contributed by atoms with E-state index in [0.717, 1.165) is 22.5 Å². The second-order valence-electron chi connectivity index (χ2n) is 8.17. The summed E-state index contributed by atoms with van der Waals surface area (Å²) < 4.78 is 66.2. The van der Waals surface area contributed by atoms with Crippen molar-refractivity contribution in [2.75, 3.05) is 38.0 Å². The minimum absolute atomic E-state index is 0.138. The molecule has 0 aromatic heterocycles. The summed E-state index contributed by atoms with van der Waals surface area (Å²) in [5.74, 6) is 0. The highest BCUT2D eigenvalue weighted by atomic mass is 32.2. The van der Waals surface area contributed by atoms with Gasteiger partial charge in [-0.2, -0.15) is 26.0 Å². The number of benzene rings is 2. The maximum Gasteiger partial charge on any atom is 0.518 e. The van der Waals surface area contributed by atoms with Gasteiger partial charge in [-0.25, -0.2) is 0 Å². The summed E-state index contributed by atoms with van der Waals surface area (Å²) in [5, 5.41) is 0. The van der Waals surface area contributed by atoms with Crippen LogP contribution in [0.4, 0.5) is 24.5 Å². The number of hydrogen-bond acceptors (Lipinski definition) is 4. The smallest absolute Gasteiger partial charge is 0.378 e. The Morgan fingerprint density at radius 2 is 1.12 bits per heavy atom. The lowest BCUT2D eigenvalue weighted by molar-refractivity contribution is -0.0435. The number of nitrogens with zero attached hydrogens (tertiary/aromatic N) is 3. The summed E-state index contributed by atoms with van der Waals surface area (Å²) in [5.41, 5.74) is -1.24. The van der Waals surface area contributed by atoms with Crippen LogP contribution in [0, 0.1) is 0 Å². The first kappa shape index (κ1) is 24.6.